The molecule has 2 heterocycles. The van der Waals surface area contributed by atoms with Crippen molar-refractivity contribution >= 4 is 78.5 Å². The maximum atomic E-state index is 6.79. The van der Waals surface area contributed by atoms with E-state index in [0.717, 1.165) is 38.5 Å². The molecule has 2 aromatic heterocycles. The first-order valence-electron chi connectivity index (χ1n) is 17.4. The van der Waals surface area contributed by atoms with Crippen LogP contribution < -0.4 is 5.19 Å². The molecular weight excluding hydrogens is 623 g/mol. The standard InChI is InChI=1S/C47H35NOSi/c1-50(2,3)33-24-21-30(22-25-33)44-34-15-7-9-17-36(34)45(37-18-10-8-16-35(37)44)31-23-28-43-40(29-31)38-26-27-42-46(47(38)49-43)39-19-11-12-20-41(39)48(42)32-13-5-4-6-14-32/h4-29H,1-3H3. The van der Waals surface area contributed by atoms with Gasteiger partial charge in [0.1, 0.15) is 11.2 Å². The Bertz CT molecular complexity index is 2880. The van der Waals surface area contributed by atoms with Crippen molar-refractivity contribution in [3.8, 4) is 27.9 Å². The molecule has 0 unspecified atom stereocenters. The summed E-state index contributed by atoms with van der Waals surface area (Å²) in [4.78, 5) is 0. The maximum Gasteiger partial charge on any atom is 0.145 e. The number of hydrogen-bond acceptors (Lipinski definition) is 1. The molecule has 0 fully saturated rings. The van der Waals surface area contributed by atoms with Crippen molar-refractivity contribution in [2.75, 3.05) is 0 Å². The fraction of sp³-hybridized carbons (Fsp3) is 0.0638. The summed E-state index contributed by atoms with van der Waals surface area (Å²) in [5.74, 6) is 0. The van der Waals surface area contributed by atoms with Crippen LogP contribution in [-0.2, 0) is 0 Å². The zero-order valence-electron chi connectivity index (χ0n) is 28.4. The lowest BCUT2D eigenvalue weighted by Gasteiger charge is -2.19. The van der Waals surface area contributed by atoms with Gasteiger partial charge in [-0.1, -0.05) is 140 Å². The number of para-hydroxylation sites is 2. The van der Waals surface area contributed by atoms with Crippen LogP contribution in [0.5, 0.6) is 0 Å². The van der Waals surface area contributed by atoms with Gasteiger partial charge in [-0.3, -0.25) is 0 Å². The van der Waals surface area contributed by atoms with Crippen LogP contribution in [0.25, 0.3) is 93.2 Å². The molecule has 0 radical (unpaired) electrons. The molecule has 0 amide bonds. The summed E-state index contributed by atoms with van der Waals surface area (Å²) in [6.07, 6.45) is 0. The number of benzene rings is 8. The van der Waals surface area contributed by atoms with Gasteiger partial charge in [0.2, 0.25) is 0 Å². The molecule has 0 bridgehead atoms. The predicted molar refractivity (Wildman–Crippen MR) is 217 cm³/mol. The van der Waals surface area contributed by atoms with Crippen molar-refractivity contribution in [3.05, 3.63) is 158 Å². The Morgan fingerprint density at radius 3 is 1.64 bits per heavy atom. The number of rotatable bonds is 4. The van der Waals surface area contributed by atoms with Gasteiger partial charge in [0.05, 0.1) is 24.5 Å². The molecule has 10 aromatic rings. The Hall–Kier alpha value is -5.90. The zero-order chi connectivity index (χ0) is 33.6. The highest BCUT2D eigenvalue weighted by Crippen LogP contribution is 2.46. The van der Waals surface area contributed by atoms with Gasteiger partial charge in [-0.15, -0.1) is 0 Å². The number of hydrogen-bond donors (Lipinski definition) is 0. The molecule has 238 valence electrons. The molecule has 0 aliphatic carbocycles. The fourth-order valence-electron chi connectivity index (χ4n) is 8.18. The van der Waals surface area contributed by atoms with Crippen LogP contribution in [0.2, 0.25) is 19.6 Å². The minimum Gasteiger partial charge on any atom is -0.455 e. The van der Waals surface area contributed by atoms with Crippen molar-refractivity contribution in [1.29, 1.82) is 0 Å². The molecule has 10 rings (SSSR count). The van der Waals surface area contributed by atoms with Crippen LogP contribution in [0.3, 0.4) is 0 Å². The minimum absolute atomic E-state index is 0.903. The molecule has 0 saturated carbocycles. The summed E-state index contributed by atoms with van der Waals surface area (Å²) in [7, 11) is -1.41. The lowest BCUT2D eigenvalue weighted by Crippen LogP contribution is -2.37. The third kappa shape index (κ3) is 4.27. The smallest absolute Gasteiger partial charge is 0.145 e. The number of fused-ring (bicyclic) bond motifs is 9. The third-order valence-electron chi connectivity index (χ3n) is 10.5. The third-order valence-corrected chi connectivity index (χ3v) is 12.6. The summed E-state index contributed by atoms with van der Waals surface area (Å²) < 4.78 is 9.14. The summed E-state index contributed by atoms with van der Waals surface area (Å²) in [6, 6.07) is 57.7. The molecule has 3 heteroatoms. The van der Waals surface area contributed by atoms with Crippen molar-refractivity contribution in [1.82, 2.24) is 4.57 Å². The Kier molecular flexibility index (Phi) is 6.27. The van der Waals surface area contributed by atoms with E-state index in [9.17, 15) is 0 Å². The highest BCUT2D eigenvalue weighted by molar-refractivity contribution is 6.88. The first kappa shape index (κ1) is 29.1. The molecule has 0 N–H and O–H groups in total. The highest BCUT2D eigenvalue weighted by atomic mass is 28.3. The number of furan rings is 1. The summed E-state index contributed by atoms with van der Waals surface area (Å²) in [5, 5.41) is 11.2. The van der Waals surface area contributed by atoms with Crippen LogP contribution in [0, 0.1) is 0 Å². The molecule has 0 saturated heterocycles. The van der Waals surface area contributed by atoms with Gasteiger partial charge in [-0.05, 0) is 86.3 Å². The number of aromatic nitrogens is 1. The predicted octanol–water partition coefficient (Wildman–Crippen LogP) is 12.9. The molecule has 0 spiro atoms. The van der Waals surface area contributed by atoms with Crippen LogP contribution in [0.4, 0.5) is 0 Å². The van der Waals surface area contributed by atoms with Crippen LogP contribution in [-0.4, -0.2) is 12.6 Å². The summed E-state index contributed by atoms with van der Waals surface area (Å²) in [6.45, 7) is 7.23. The van der Waals surface area contributed by atoms with E-state index in [0.29, 0.717) is 0 Å². The molecule has 2 nitrogen and oxygen atoms in total. The minimum atomic E-state index is -1.41. The SMILES string of the molecule is C[Si](C)(C)c1ccc(-c2c3ccccc3c(-c3ccc4oc5c(ccc6c5c5ccccc5n6-c5ccccc5)c4c3)c3ccccc23)cc1. The zero-order valence-corrected chi connectivity index (χ0v) is 29.4. The monoisotopic (exact) mass is 657 g/mol. The van der Waals surface area contributed by atoms with Crippen LogP contribution in [0.15, 0.2) is 162 Å². The van der Waals surface area contributed by atoms with Crippen molar-refractivity contribution < 1.29 is 4.42 Å². The Balaban J connectivity index is 1.23. The molecule has 0 aliphatic rings. The second-order valence-electron chi connectivity index (χ2n) is 14.5. The Morgan fingerprint density at radius 1 is 0.440 bits per heavy atom. The van der Waals surface area contributed by atoms with E-state index in [2.05, 4.69) is 182 Å². The van der Waals surface area contributed by atoms with Gasteiger partial charge in [-0.2, -0.15) is 0 Å². The maximum absolute atomic E-state index is 6.79. The summed E-state index contributed by atoms with van der Waals surface area (Å²) in [5.41, 5.74) is 10.3. The Morgan fingerprint density at radius 2 is 1.00 bits per heavy atom. The molecular formula is C47H35NOSi. The second-order valence-corrected chi connectivity index (χ2v) is 19.6. The van der Waals surface area contributed by atoms with E-state index in [4.69, 9.17) is 4.42 Å². The van der Waals surface area contributed by atoms with E-state index in [1.54, 1.807) is 0 Å². The van der Waals surface area contributed by atoms with Gasteiger partial charge in [-0.25, -0.2) is 0 Å². The Labute approximate surface area is 291 Å². The van der Waals surface area contributed by atoms with Gasteiger partial charge in [0.25, 0.3) is 0 Å². The molecule has 0 atom stereocenters. The molecule has 0 aliphatic heterocycles. The van der Waals surface area contributed by atoms with Crippen molar-refractivity contribution in [2.45, 2.75) is 19.6 Å². The largest absolute Gasteiger partial charge is 0.455 e. The quantitative estimate of drug-likeness (QED) is 0.136. The number of nitrogens with zero attached hydrogens (tertiary/aromatic N) is 1. The van der Waals surface area contributed by atoms with Gasteiger partial charge >= 0.3 is 0 Å². The summed E-state index contributed by atoms with van der Waals surface area (Å²) >= 11 is 0. The first-order chi connectivity index (χ1) is 24.5. The topological polar surface area (TPSA) is 18.1 Å². The lowest BCUT2D eigenvalue weighted by molar-refractivity contribution is 0.673. The van der Waals surface area contributed by atoms with Crippen molar-refractivity contribution in [2.24, 2.45) is 0 Å². The van der Waals surface area contributed by atoms with E-state index in [1.165, 1.54) is 59.9 Å². The lowest BCUT2D eigenvalue weighted by atomic mass is 9.86. The van der Waals surface area contributed by atoms with Crippen LogP contribution in [0.1, 0.15) is 0 Å². The van der Waals surface area contributed by atoms with E-state index >= 15 is 0 Å². The average Bonchev–Trinajstić information content (AvgIpc) is 3.69. The molecule has 8 aromatic carbocycles. The molecule has 50 heavy (non-hydrogen) atoms. The van der Waals surface area contributed by atoms with Crippen LogP contribution >= 0.6 is 0 Å². The fourth-order valence-corrected chi connectivity index (χ4v) is 9.35. The average molecular weight is 658 g/mol. The van der Waals surface area contributed by atoms with E-state index in [1.807, 2.05) is 0 Å². The highest BCUT2D eigenvalue weighted by Gasteiger charge is 2.22. The van der Waals surface area contributed by atoms with Crippen molar-refractivity contribution in [3.63, 3.8) is 0 Å². The van der Waals surface area contributed by atoms with Gasteiger partial charge < -0.3 is 8.98 Å². The van der Waals surface area contributed by atoms with Gasteiger partial charge in [0, 0.05) is 21.8 Å². The van der Waals surface area contributed by atoms with E-state index < -0.39 is 8.07 Å². The second kappa shape index (κ2) is 10.8. The first-order valence-corrected chi connectivity index (χ1v) is 20.9. The van der Waals surface area contributed by atoms with Gasteiger partial charge in [0.15, 0.2) is 0 Å². The van der Waals surface area contributed by atoms with E-state index in [-0.39, 0.29) is 0 Å². The normalized spacial score (nSPS) is 12.3.